The van der Waals surface area contributed by atoms with Gasteiger partial charge in [-0.3, -0.25) is 4.79 Å². The largest absolute Gasteiger partial charge is 0.460 e. The third kappa shape index (κ3) is 5.95. The highest BCUT2D eigenvalue weighted by Crippen LogP contribution is 2.18. The lowest BCUT2D eigenvalue weighted by molar-refractivity contribution is -0.123. The first-order valence-corrected chi connectivity index (χ1v) is 7.01. The van der Waals surface area contributed by atoms with Gasteiger partial charge in [0.1, 0.15) is 6.61 Å². The van der Waals surface area contributed by atoms with Crippen molar-refractivity contribution in [2.24, 2.45) is 5.41 Å². The molecule has 0 aliphatic rings. The minimum Gasteiger partial charge on any atom is -0.460 e. The normalized spacial score (nSPS) is 11.0. The second-order valence-corrected chi connectivity index (χ2v) is 5.62. The van der Waals surface area contributed by atoms with E-state index in [-0.39, 0.29) is 12.5 Å². The van der Waals surface area contributed by atoms with Gasteiger partial charge in [-0.1, -0.05) is 26.8 Å². The Hall–Kier alpha value is -1.88. The fraction of sp³-hybridized carbons (Fsp3) is 0.500. The zero-order valence-corrected chi connectivity index (χ0v) is 13.1. The minimum absolute atomic E-state index is 0.107. The number of anilines is 1. The summed E-state index contributed by atoms with van der Waals surface area (Å²) in [7, 11) is 0. The molecular formula is C16H23NO4. The maximum absolute atomic E-state index is 11.9. The third-order valence-corrected chi connectivity index (χ3v) is 2.70. The van der Waals surface area contributed by atoms with Crippen molar-refractivity contribution < 1.29 is 19.1 Å². The molecule has 0 heterocycles. The van der Waals surface area contributed by atoms with Gasteiger partial charge < -0.3 is 14.8 Å². The number of carbonyl (C=O) groups is 2. The van der Waals surface area contributed by atoms with Crippen molar-refractivity contribution in [2.75, 3.05) is 25.1 Å². The van der Waals surface area contributed by atoms with Crippen LogP contribution in [0.2, 0.25) is 0 Å². The zero-order valence-electron chi connectivity index (χ0n) is 13.1. The molecule has 0 unspecified atom stereocenters. The maximum Gasteiger partial charge on any atom is 0.338 e. The number of amides is 1. The highest BCUT2D eigenvalue weighted by molar-refractivity contribution is 5.96. The van der Waals surface area contributed by atoms with Crippen LogP contribution < -0.4 is 5.32 Å². The molecule has 1 N–H and O–H groups in total. The van der Waals surface area contributed by atoms with Crippen LogP contribution in [0.25, 0.3) is 0 Å². The van der Waals surface area contributed by atoms with Gasteiger partial charge in [0.05, 0.1) is 12.2 Å². The van der Waals surface area contributed by atoms with E-state index in [1.807, 2.05) is 27.7 Å². The molecule has 116 valence electrons. The second-order valence-electron chi connectivity index (χ2n) is 5.62. The van der Waals surface area contributed by atoms with E-state index < -0.39 is 11.4 Å². The predicted octanol–water partition coefficient (Wildman–Crippen LogP) is 2.86. The molecule has 1 amide bonds. The lowest BCUT2D eigenvalue weighted by Gasteiger charge is -2.17. The Morgan fingerprint density at radius 2 is 1.90 bits per heavy atom. The minimum atomic E-state index is -0.492. The molecule has 5 heteroatoms. The topological polar surface area (TPSA) is 64.6 Å². The van der Waals surface area contributed by atoms with E-state index in [4.69, 9.17) is 9.47 Å². The summed E-state index contributed by atoms with van der Waals surface area (Å²) in [6.07, 6.45) is 0. The lowest BCUT2D eigenvalue weighted by Crippen LogP contribution is -2.27. The van der Waals surface area contributed by atoms with Crippen LogP contribution >= 0.6 is 0 Å². The molecule has 21 heavy (non-hydrogen) atoms. The number of carbonyl (C=O) groups excluding carboxylic acids is 2. The summed E-state index contributed by atoms with van der Waals surface area (Å²) in [5.41, 5.74) is 0.487. The van der Waals surface area contributed by atoms with Gasteiger partial charge in [0.15, 0.2) is 0 Å². The van der Waals surface area contributed by atoms with Gasteiger partial charge in [0, 0.05) is 17.7 Å². The van der Waals surface area contributed by atoms with Crippen molar-refractivity contribution in [1.29, 1.82) is 0 Å². The van der Waals surface area contributed by atoms with Crippen LogP contribution in [0.1, 0.15) is 38.1 Å². The van der Waals surface area contributed by atoms with E-state index in [2.05, 4.69) is 5.32 Å². The number of ether oxygens (including phenoxy) is 2. The second kappa shape index (κ2) is 7.78. The van der Waals surface area contributed by atoms with E-state index in [1.165, 1.54) is 0 Å². The van der Waals surface area contributed by atoms with Gasteiger partial charge in [-0.2, -0.15) is 0 Å². The van der Waals surface area contributed by atoms with Crippen molar-refractivity contribution in [3.05, 3.63) is 29.8 Å². The van der Waals surface area contributed by atoms with Gasteiger partial charge >= 0.3 is 5.97 Å². The molecule has 0 bridgehead atoms. The van der Waals surface area contributed by atoms with Crippen LogP contribution in [-0.4, -0.2) is 31.7 Å². The Morgan fingerprint density at radius 3 is 2.52 bits per heavy atom. The molecule has 0 atom stereocenters. The Bertz CT molecular complexity index is 491. The SMILES string of the molecule is CCOCCOC(=O)c1cccc(NC(=O)C(C)(C)C)c1. The molecule has 0 spiro atoms. The van der Waals surface area contributed by atoms with E-state index in [1.54, 1.807) is 24.3 Å². The van der Waals surface area contributed by atoms with Gasteiger partial charge in [-0.15, -0.1) is 0 Å². The maximum atomic E-state index is 11.9. The number of esters is 1. The number of hydrogen-bond donors (Lipinski definition) is 1. The Kier molecular flexibility index (Phi) is 6.37. The summed E-state index contributed by atoms with van der Waals surface area (Å²) < 4.78 is 10.2. The van der Waals surface area contributed by atoms with Crippen LogP contribution in [0.5, 0.6) is 0 Å². The summed E-state index contributed by atoms with van der Waals surface area (Å²) >= 11 is 0. The molecule has 1 rings (SSSR count). The Balaban J connectivity index is 2.63. The summed E-state index contributed by atoms with van der Waals surface area (Å²) in [6, 6.07) is 6.69. The van der Waals surface area contributed by atoms with Crippen molar-refractivity contribution in [1.82, 2.24) is 0 Å². The quantitative estimate of drug-likeness (QED) is 0.647. The highest BCUT2D eigenvalue weighted by atomic mass is 16.6. The monoisotopic (exact) mass is 293 g/mol. The zero-order chi connectivity index (χ0) is 15.9. The first-order chi connectivity index (χ1) is 9.84. The number of nitrogens with one attached hydrogen (secondary N) is 1. The lowest BCUT2D eigenvalue weighted by atomic mass is 9.95. The molecule has 0 aliphatic carbocycles. The van der Waals surface area contributed by atoms with Crippen LogP contribution in [0.4, 0.5) is 5.69 Å². The molecular weight excluding hydrogens is 270 g/mol. The van der Waals surface area contributed by atoms with Gasteiger partial charge in [-0.25, -0.2) is 4.79 Å². The fourth-order valence-corrected chi connectivity index (χ4v) is 1.46. The van der Waals surface area contributed by atoms with Gasteiger partial charge in [0.2, 0.25) is 5.91 Å². The van der Waals surface area contributed by atoms with Crippen molar-refractivity contribution in [2.45, 2.75) is 27.7 Å². The molecule has 0 saturated carbocycles. The first-order valence-electron chi connectivity index (χ1n) is 7.01. The molecule has 1 aromatic rings. The standard InChI is InChI=1S/C16H23NO4/c1-5-20-9-10-21-14(18)12-7-6-8-13(11-12)17-15(19)16(2,3)4/h6-8,11H,5,9-10H2,1-4H3,(H,17,19). The van der Waals surface area contributed by atoms with Crippen molar-refractivity contribution >= 4 is 17.6 Å². The summed E-state index contributed by atoms with van der Waals surface area (Å²) in [6.45, 7) is 8.54. The van der Waals surface area contributed by atoms with Gasteiger partial charge in [0.25, 0.3) is 0 Å². The van der Waals surface area contributed by atoms with Gasteiger partial charge in [-0.05, 0) is 25.1 Å². The van der Waals surface area contributed by atoms with E-state index in [0.717, 1.165) is 0 Å². The van der Waals surface area contributed by atoms with E-state index in [9.17, 15) is 9.59 Å². The molecule has 0 aromatic heterocycles. The van der Waals surface area contributed by atoms with Crippen LogP contribution in [0.3, 0.4) is 0 Å². The summed E-state index contributed by atoms with van der Waals surface area (Å²) in [5, 5.41) is 2.78. The highest BCUT2D eigenvalue weighted by Gasteiger charge is 2.21. The third-order valence-electron chi connectivity index (χ3n) is 2.70. The molecule has 1 aromatic carbocycles. The number of hydrogen-bond acceptors (Lipinski definition) is 4. The van der Waals surface area contributed by atoms with Crippen LogP contribution in [0.15, 0.2) is 24.3 Å². The molecule has 0 saturated heterocycles. The summed E-state index contributed by atoms with van der Waals surface area (Å²) in [5.74, 6) is -0.536. The molecule has 0 aliphatic heterocycles. The predicted molar refractivity (Wildman–Crippen MR) is 81.3 cm³/mol. The van der Waals surface area contributed by atoms with E-state index in [0.29, 0.717) is 24.5 Å². The summed E-state index contributed by atoms with van der Waals surface area (Å²) in [4.78, 5) is 23.8. The molecule has 0 radical (unpaired) electrons. The Labute approximate surface area is 125 Å². The number of benzene rings is 1. The van der Waals surface area contributed by atoms with Crippen molar-refractivity contribution in [3.63, 3.8) is 0 Å². The molecule has 0 fully saturated rings. The Morgan fingerprint density at radius 1 is 1.19 bits per heavy atom. The average Bonchev–Trinajstić information content (AvgIpc) is 2.42. The molecule has 5 nitrogen and oxygen atoms in total. The van der Waals surface area contributed by atoms with Crippen LogP contribution in [-0.2, 0) is 14.3 Å². The average molecular weight is 293 g/mol. The smallest absolute Gasteiger partial charge is 0.338 e. The first kappa shape index (κ1) is 17.2. The number of rotatable bonds is 6. The fourth-order valence-electron chi connectivity index (χ4n) is 1.46. The van der Waals surface area contributed by atoms with E-state index >= 15 is 0 Å². The van der Waals surface area contributed by atoms with Crippen LogP contribution in [0, 0.1) is 5.41 Å². The van der Waals surface area contributed by atoms with Crippen molar-refractivity contribution in [3.8, 4) is 0 Å².